The van der Waals surface area contributed by atoms with Crippen LogP contribution in [0.5, 0.6) is 0 Å². The monoisotopic (exact) mass is 551 g/mol. The summed E-state index contributed by atoms with van der Waals surface area (Å²) in [4.78, 5) is 7.37. The Morgan fingerprint density at radius 1 is 1.17 bits per heavy atom. The van der Waals surface area contributed by atoms with Gasteiger partial charge in [-0.25, -0.2) is 18.5 Å². The number of hydrogen-bond donors (Lipinski definition) is 3. The molecule has 0 amide bonds. The number of nitrogens with two attached hydrogens (primary N) is 1. The Bertz CT molecular complexity index is 762. The lowest BCUT2D eigenvalue weighted by atomic mass is 10.0. The van der Waals surface area contributed by atoms with Crippen molar-refractivity contribution in [2.75, 3.05) is 26.2 Å². The molecule has 172 valence electrons. The van der Waals surface area contributed by atoms with Gasteiger partial charge in [0.05, 0.1) is 11.4 Å². The molecule has 0 bridgehead atoms. The summed E-state index contributed by atoms with van der Waals surface area (Å²) in [7, 11) is -3.71. The molecule has 0 saturated carbocycles. The van der Waals surface area contributed by atoms with E-state index in [1.54, 1.807) is 12.1 Å². The van der Waals surface area contributed by atoms with Gasteiger partial charge in [-0.2, -0.15) is 0 Å². The molecule has 1 aromatic rings. The average molecular weight is 552 g/mol. The van der Waals surface area contributed by atoms with Crippen molar-refractivity contribution in [2.24, 2.45) is 16.0 Å². The van der Waals surface area contributed by atoms with Crippen molar-refractivity contribution in [3.8, 4) is 0 Å². The van der Waals surface area contributed by atoms with E-state index in [-0.39, 0.29) is 28.9 Å². The van der Waals surface area contributed by atoms with E-state index in [0.717, 1.165) is 24.6 Å². The first-order valence-corrected chi connectivity index (χ1v) is 12.2. The lowest BCUT2D eigenvalue weighted by molar-refractivity contribution is 0.161. The van der Waals surface area contributed by atoms with Crippen molar-refractivity contribution in [3.05, 3.63) is 29.8 Å². The van der Waals surface area contributed by atoms with Gasteiger partial charge in [-0.05, 0) is 56.5 Å². The number of primary sulfonamides is 1. The number of aliphatic imine (C=N–C) groups is 1. The van der Waals surface area contributed by atoms with E-state index in [0.29, 0.717) is 18.5 Å². The topological polar surface area (TPSA) is 99.8 Å². The summed E-state index contributed by atoms with van der Waals surface area (Å²) < 4.78 is 23.1. The number of rotatable bonds is 8. The average Bonchev–Trinajstić information content (AvgIpc) is 2.95. The Morgan fingerprint density at radius 3 is 2.40 bits per heavy atom. The fraction of sp³-hybridized carbons (Fsp3) is 0.667. The van der Waals surface area contributed by atoms with Gasteiger partial charge in [0.1, 0.15) is 0 Å². The predicted octanol–water partition coefficient (Wildman–Crippen LogP) is 2.91. The number of guanidine groups is 1. The zero-order chi connectivity index (χ0) is 21.3. The van der Waals surface area contributed by atoms with Gasteiger partial charge in [0.2, 0.25) is 10.0 Å². The molecule has 1 fully saturated rings. The number of halogens is 1. The zero-order valence-electron chi connectivity index (χ0n) is 18.4. The molecule has 1 aliphatic heterocycles. The maximum Gasteiger partial charge on any atom is 0.238 e. The molecular weight excluding hydrogens is 513 g/mol. The van der Waals surface area contributed by atoms with Crippen molar-refractivity contribution in [1.29, 1.82) is 0 Å². The summed E-state index contributed by atoms with van der Waals surface area (Å²) in [5, 5.41) is 12.0. The standard InChI is InChI=1S/C21H37N5O2S.HI/c1-4-23-21(24-15-18-10-9-11-19(14-18)29(22,27)28)25-16-20(17(2)3)26-12-7-5-6-8-13-26;/h9-11,14,17,20H,4-8,12-13,15-16H2,1-3H3,(H2,22,27,28)(H2,23,24,25);1H. The highest BCUT2D eigenvalue weighted by Gasteiger charge is 2.22. The van der Waals surface area contributed by atoms with E-state index in [2.05, 4.69) is 34.4 Å². The van der Waals surface area contributed by atoms with Gasteiger partial charge >= 0.3 is 0 Å². The molecule has 9 heteroatoms. The highest BCUT2D eigenvalue weighted by atomic mass is 127. The Hall–Kier alpha value is -0.910. The van der Waals surface area contributed by atoms with Crippen LogP contribution in [-0.4, -0.2) is 51.5 Å². The van der Waals surface area contributed by atoms with Crippen LogP contribution in [0.25, 0.3) is 0 Å². The lowest BCUT2D eigenvalue weighted by Gasteiger charge is -2.34. The zero-order valence-corrected chi connectivity index (χ0v) is 21.6. The van der Waals surface area contributed by atoms with E-state index in [1.165, 1.54) is 44.8 Å². The lowest BCUT2D eigenvalue weighted by Crippen LogP contribution is -2.49. The van der Waals surface area contributed by atoms with Crippen LogP contribution >= 0.6 is 24.0 Å². The van der Waals surface area contributed by atoms with E-state index < -0.39 is 10.0 Å². The first-order chi connectivity index (χ1) is 13.8. The van der Waals surface area contributed by atoms with Crippen LogP contribution in [0.3, 0.4) is 0 Å². The van der Waals surface area contributed by atoms with Crippen molar-refractivity contribution < 1.29 is 8.42 Å². The summed E-state index contributed by atoms with van der Waals surface area (Å²) in [6.45, 7) is 10.9. The van der Waals surface area contributed by atoms with Crippen molar-refractivity contribution in [1.82, 2.24) is 15.5 Å². The molecule has 1 aliphatic rings. The second kappa shape index (κ2) is 13.5. The third-order valence-electron chi connectivity index (χ3n) is 5.35. The van der Waals surface area contributed by atoms with Crippen LogP contribution in [0.4, 0.5) is 0 Å². The van der Waals surface area contributed by atoms with Crippen LogP contribution in [0.2, 0.25) is 0 Å². The number of nitrogens with zero attached hydrogens (tertiary/aromatic N) is 2. The maximum absolute atomic E-state index is 11.6. The third kappa shape index (κ3) is 9.07. The Kier molecular flexibility index (Phi) is 12.2. The normalized spacial score (nSPS) is 17.2. The summed E-state index contributed by atoms with van der Waals surface area (Å²) in [6.07, 6.45) is 5.21. The van der Waals surface area contributed by atoms with Crippen molar-refractivity contribution >= 4 is 40.0 Å². The third-order valence-corrected chi connectivity index (χ3v) is 6.26. The molecule has 1 aromatic carbocycles. The minimum absolute atomic E-state index is 0. The molecule has 1 unspecified atom stereocenters. The largest absolute Gasteiger partial charge is 0.357 e. The molecule has 0 spiro atoms. The smallest absolute Gasteiger partial charge is 0.238 e. The highest BCUT2D eigenvalue weighted by Crippen LogP contribution is 2.17. The first-order valence-electron chi connectivity index (χ1n) is 10.7. The van der Waals surface area contributed by atoms with E-state index >= 15 is 0 Å². The molecule has 4 N–H and O–H groups in total. The summed E-state index contributed by atoms with van der Waals surface area (Å²) in [6, 6.07) is 7.09. The van der Waals surface area contributed by atoms with Gasteiger partial charge in [0.25, 0.3) is 0 Å². The number of likely N-dealkylation sites (tertiary alicyclic amines) is 1. The molecule has 0 aromatic heterocycles. The van der Waals surface area contributed by atoms with Crippen LogP contribution in [0, 0.1) is 5.92 Å². The highest BCUT2D eigenvalue weighted by molar-refractivity contribution is 14.0. The number of nitrogens with one attached hydrogen (secondary N) is 2. The molecule has 2 rings (SSSR count). The SMILES string of the molecule is CCNC(=NCc1cccc(S(N)(=O)=O)c1)NCC(C(C)C)N1CCCCCC1.I. The second-order valence-corrected chi connectivity index (χ2v) is 9.59. The molecule has 1 saturated heterocycles. The van der Waals surface area contributed by atoms with Gasteiger partial charge in [0.15, 0.2) is 5.96 Å². The summed E-state index contributed by atoms with van der Waals surface area (Å²) in [5.41, 5.74) is 0.807. The van der Waals surface area contributed by atoms with Gasteiger partial charge in [-0.15, -0.1) is 24.0 Å². The molecule has 0 radical (unpaired) electrons. The first kappa shape index (κ1) is 27.1. The van der Waals surface area contributed by atoms with Crippen LogP contribution in [-0.2, 0) is 16.6 Å². The molecular formula is C21H38IN5O2S. The van der Waals surface area contributed by atoms with Crippen LogP contribution in [0.1, 0.15) is 52.0 Å². The van der Waals surface area contributed by atoms with E-state index in [9.17, 15) is 8.42 Å². The minimum Gasteiger partial charge on any atom is -0.357 e. The fourth-order valence-electron chi connectivity index (χ4n) is 3.75. The molecule has 1 heterocycles. The maximum atomic E-state index is 11.6. The molecule has 1 atom stereocenters. The van der Waals surface area contributed by atoms with Gasteiger partial charge in [-0.3, -0.25) is 4.90 Å². The molecule has 30 heavy (non-hydrogen) atoms. The van der Waals surface area contributed by atoms with Crippen molar-refractivity contribution in [3.63, 3.8) is 0 Å². The quantitative estimate of drug-likeness (QED) is 0.262. The number of hydrogen-bond acceptors (Lipinski definition) is 4. The number of benzene rings is 1. The second-order valence-electron chi connectivity index (χ2n) is 8.03. The Balaban J connectivity index is 0.00000450. The summed E-state index contributed by atoms with van der Waals surface area (Å²) in [5.74, 6) is 1.30. The Labute approximate surface area is 199 Å². The van der Waals surface area contributed by atoms with Crippen molar-refractivity contribution in [2.45, 2.75) is 63.9 Å². The van der Waals surface area contributed by atoms with Crippen LogP contribution in [0.15, 0.2) is 34.2 Å². The molecule has 7 nitrogen and oxygen atoms in total. The van der Waals surface area contributed by atoms with Gasteiger partial charge in [0, 0.05) is 19.1 Å². The predicted molar refractivity (Wildman–Crippen MR) is 135 cm³/mol. The van der Waals surface area contributed by atoms with E-state index in [1.807, 2.05) is 13.0 Å². The fourth-order valence-corrected chi connectivity index (χ4v) is 4.33. The van der Waals surface area contributed by atoms with Gasteiger partial charge in [-0.1, -0.05) is 38.8 Å². The minimum atomic E-state index is -3.71. The Morgan fingerprint density at radius 2 is 1.83 bits per heavy atom. The molecule has 0 aliphatic carbocycles. The summed E-state index contributed by atoms with van der Waals surface area (Å²) >= 11 is 0. The van der Waals surface area contributed by atoms with Gasteiger partial charge < -0.3 is 10.6 Å². The van der Waals surface area contributed by atoms with Crippen LogP contribution < -0.4 is 15.8 Å². The number of sulfonamides is 1. The van der Waals surface area contributed by atoms with E-state index in [4.69, 9.17) is 5.14 Å².